The first-order valence-corrected chi connectivity index (χ1v) is 10.9. The van der Waals surface area contributed by atoms with E-state index in [9.17, 15) is 14.7 Å². The maximum atomic E-state index is 13.3. The lowest BCUT2D eigenvalue weighted by molar-refractivity contribution is -0.136. The van der Waals surface area contributed by atoms with Crippen molar-refractivity contribution in [3.8, 4) is 11.3 Å². The van der Waals surface area contributed by atoms with Crippen LogP contribution in [-0.2, 0) is 17.6 Å². The molecule has 0 fully saturated rings. The van der Waals surface area contributed by atoms with Crippen LogP contribution in [0.5, 0.6) is 0 Å². The number of Topliss-reactive ketones (excluding diaryl/α,β-unsaturated/α-hetero) is 1. The number of aromatic nitrogens is 2. The van der Waals surface area contributed by atoms with Crippen LogP contribution < -0.4 is 0 Å². The number of pyridine rings is 1. The average Bonchev–Trinajstić information content (AvgIpc) is 3.12. The molecule has 166 valence electrons. The summed E-state index contributed by atoms with van der Waals surface area (Å²) in [5.41, 5.74) is 4.52. The monoisotopic (exact) mass is 431 g/mol. The molecule has 32 heavy (non-hydrogen) atoms. The zero-order chi connectivity index (χ0) is 22.9. The van der Waals surface area contributed by atoms with Crippen LogP contribution in [0, 0.1) is 5.92 Å². The summed E-state index contributed by atoms with van der Waals surface area (Å²) in [6, 6.07) is 13.9. The first-order chi connectivity index (χ1) is 15.2. The van der Waals surface area contributed by atoms with Crippen LogP contribution in [-0.4, -0.2) is 50.9 Å². The molecule has 2 N–H and O–H groups in total. The van der Waals surface area contributed by atoms with Crippen molar-refractivity contribution in [3.05, 3.63) is 77.2 Å². The topological polar surface area (TPSA) is 86.3 Å². The molecule has 6 heteroatoms. The Bertz CT molecular complexity index is 1110. The second-order valence-corrected chi connectivity index (χ2v) is 9.27. The number of hydrogen-bond acceptors (Lipinski definition) is 4. The molecule has 0 saturated carbocycles. The third-order valence-electron chi connectivity index (χ3n) is 5.88. The van der Waals surface area contributed by atoms with Gasteiger partial charge in [0.15, 0.2) is 5.78 Å². The van der Waals surface area contributed by atoms with E-state index < -0.39 is 11.5 Å². The fourth-order valence-electron chi connectivity index (χ4n) is 4.62. The van der Waals surface area contributed by atoms with Gasteiger partial charge in [0.1, 0.15) is 0 Å². The van der Waals surface area contributed by atoms with Gasteiger partial charge in [-0.05, 0) is 37.1 Å². The van der Waals surface area contributed by atoms with Crippen LogP contribution >= 0.6 is 0 Å². The molecule has 0 spiro atoms. The highest BCUT2D eigenvalue weighted by Gasteiger charge is 2.36. The minimum absolute atomic E-state index is 0.0104. The second-order valence-electron chi connectivity index (χ2n) is 9.27. The summed E-state index contributed by atoms with van der Waals surface area (Å²) in [4.78, 5) is 35.5. The summed E-state index contributed by atoms with van der Waals surface area (Å²) in [5, 5.41) is 10.1. The molecule has 2 heterocycles. The van der Waals surface area contributed by atoms with Crippen molar-refractivity contribution in [2.45, 2.75) is 38.7 Å². The van der Waals surface area contributed by atoms with Crippen molar-refractivity contribution in [2.24, 2.45) is 5.92 Å². The van der Waals surface area contributed by atoms with Gasteiger partial charge in [0.05, 0.1) is 17.2 Å². The van der Waals surface area contributed by atoms with E-state index in [1.54, 1.807) is 33.3 Å². The molecular formula is C26H29N3O3. The number of amides is 1. The summed E-state index contributed by atoms with van der Waals surface area (Å²) >= 11 is 0. The van der Waals surface area contributed by atoms with Gasteiger partial charge in [-0.3, -0.25) is 14.6 Å². The van der Waals surface area contributed by atoms with E-state index in [0.29, 0.717) is 12.8 Å². The Kier molecular flexibility index (Phi) is 5.98. The minimum Gasteiger partial charge on any atom is -0.389 e. The Morgan fingerprint density at radius 1 is 1.16 bits per heavy atom. The molecule has 4 rings (SSSR count). The molecule has 1 unspecified atom stereocenters. The molecule has 2 aromatic heterocycles. The van der Waals surface area contributed by atoms with Crippen molar-refractivity contribution < 1.29 is 14.7 Å². The van der Waals surface area contributed by atoms with Gasteiger partial charge < -0.3 is 15.0 Å². The molecule has 1 aromatic carbocycles. The number of hydrogen-bond donors (Lipinski definition) is 2. The quantitative estimate of drug-likeness (QED) is 0.624. The molecule has 0 bridgehead atoms. The van der Waals surface area contributed by atoms with Crippen LogP contribution in [0.3, 0.4) is 0 Å². The zero-order valence-corrected chi connectivity index (χ0v) is 18.8. The first kappa shape index (κ1) is 22.0. The normalized spacial score (nSPS) is 16.0. The Hall–Kier alpha value is -3.25. The summed E-state index contributed by atoms with van der Waals surface area (Å²) in [6.45, 7) is 3.56. The van der Waals surface area contributed by atoms with Gasteiger partial charge in [-0.15, -0.1) is 0 Å². The number of H-pyrrole nitrogens is 1. The van der Waals surface area contributed by atoms with Crippen LogP contribution in [0.1, 0.15) is 47.4 Å². The summed E-state index contributed by atoms with van der Waals surface area (Å²) < 4.78 is 0. The maximum Gasteiger partial charge on any atom is 0.226 e. The summed E-state index contributed by atoms with van der Waals surface area (Å²) in [6.07, 6.45) is 4.76. The fraction of sp³-hybridized carbons (Fsp3) is 0.346. The molecule has 6 nitrogen and oxygen atoms in total. The van der Waals surface area contributed by atoms with Gasteiger partial charge in [-0.1, -0.05) is 30.3 Å². The van der Waals surface area contributed by atoms with Crippen LogP contribution in [0.2, 0.25) is 0 Å². The van der Waals surface area contributed by atoms with Crippen LogP contribution in [0.4, 0.5) is 0 Å². The number of likely N-dealkylation sites (N-methyl/N-ethyl adjacent to an activating group) is 1. The van der Waals surface area contributed by atoms with Crippen molar-refractivity contribution >= 4 is 11.7 Å². The minimum atomic E-state index is -0.988. The maximum absolute atomic E-state index is 13.3. The number of benzene rings is 1. The number of nitrogens with zero attached hydrogens (tertiary/aromatic N) is 2. The average molecular weight is 432 g/mol. The van der Waals surface area contributed by atoms with Gasteiger partial charge >= 0.3 is 0 Å². The highest BCUT2D eigenvalue weighted by atomic mass is 16.3. The van der Waals surface area contributed by atoms with Crippen molar-refractivity contribution in [3.63, 3.8) is 0 Å². The highest BCUT2D eigenvalue weighted by molar-refractivity contribution is 6.04. The van der Waals surface area contributed by atoms with E-state index in [2.05, 4.69) is 22.1 Å². The number of fused-ring (bicyclic) bond motifs is 1. The third-order valence-corrected chi connectivity index (χ3v) is 5.88. The number of nitrogens with one attached hydrogen (secondary N) is 1. The Labute approximate surface area is 188 Å². The van der Waals surface area contributed by atoms with E-state index in [1.807, 2.05) is 30.3 Å². The van der Waals surface area contributed by atoms with Gasteiger partial charge in [-0.25, -0.2) is 0 Å². The summed E-state index contributed by atoms with van der Waals surface area (Å²) in [7, 11) is 1.68. The van der Waals surface area contributed by atoms with Gasteiger partial charge in [0.2, 0.25) is 5.91 Å². The zero-order valence-electron chi connectivity index (χ0n) is 18.8. The van der Waals surface area contributed by atoms with Gasteiger partial charge in [-0.2, -0.15) is 0 Å². The predicted octanol–water partition coefficient (Wildman–Crippen LogP) is 3.64. The molecule has 1 aliphatic rings. The lowest BCUT2D eigenvalue weighted by Crippen LogP contribution is -2.44. The molecule has 0 aliphatic heterocycles. The smallest absolute Gasteiger partial charge is 0.226 e. The SMILES string of the molecule is CN(CC(C)(C)O)C(=O)C1CC(=O)c2c([nH]c(-c3ccncc3)c2Cc2ccccc2)C1. The lowest BCUT2D eigenvalue weighted by atomic mass is 9.83. The van der Waals surface area contributed by atoms with Gasteiger partial charge in [0, 0.05) is 62.1 Å². The molecular weight excluding hydrogens is 402 g/mol. The third kappa shape index (κ3) is 4.65. The largest absolute Gasteiger partial charge is 0.389 e. The standard InChI is InChI=1S/C26H29N3O3/c1-26(2,32)16-29(3)25(31)19-14-21-23(22(30)15-19)20(13-17-7-5-4-6-8-17)24(28-21)18-9-11-27-12-10-18/h4-12,19,28,32H,13-16H2,1-3H3. The Morgan fingerprint density at radius 2 is 1.84 bits per heavy atom. The van der Waals surface area contributed by atoms with E-state index in [-0.39, 0.29) is 24.7 Å². The van der Waals surface area contributed by atoms with E-state index >= 15 is 0 Å². The molecule has 3 aromatic rings. The summed E-state index contributed by atoms with van der Waals surface area (Å²) in [5.74, 6) is -0.560. The Balaban J connectivity index is 1.70. The van der Waals surface area contributed by atoms with Crippen LogP contribution in [0.25, 0.3) is 11.3 Å². The second kappa shape index (κ2) is 8.71. The molecule has 1 atom stereocenters. The molecule has 0 radical (unpaired) electrons. The Morgan fingerprint density at radius 3 is 2.50 bits per heavy atom. The van der Waals surface area contributed by atoms with E-state index in [1.165, 1.54) is 4.90 Å². The first-order valence-electron chi connectivity index (χ1n) is 10.9. The highest BCUT2D eigenvalue weighted by Crippen LogP contribution is 2.36. The number of carbonyl (C=O) groups excluding carboxylic acids is 2. The lowest BCUT2D eigenvalue weighted by Gasteiger charge is -2.30. The molecule has 1 amide bonds. The van der Waals surface area contributed by atoms with Gasteiger partial charge in [0.25, 0.3) is 0 Å². The van der Waals surface area contributed by atoms with E-state index in [0.717, 1.165) is 33.6 Å². The molecule has 1 aliphatic carbocycles. The van der Waals surface area contributed by atoms with Crippen molar-refractivity contribution in [1.82, 2.24) is 14.9 Å². The number of aromatic amines is 1. The van der Waals surface area contributed by atoms with Crippen molar-refractivity contribution in [2.75, 3.05) is 13.6 Å². The molecule has 0 saturated heterocycles. The number of ketones is 1. The predicted molar refractivity (Wildman–Crippen MR) is 123 cm³/mol. The number of aliphatic hydroxyl groups is 1. The van der Waals surface area contributed by atoms with Crippen LogP contribution in [0.15, 0.2) is 54.9 Å². The van der Waals surface area contributed by atoms with E-state index in [4.69, 9.17) is 0 Å². The number of rotatable bonds is 6. The van der Waals surface area contributed by atoms with Crippen molar-refractivity contribution in [1.29, 1.82) is 0 Å². The fourth-order valence-corrected chi connectivity index (χ4v) is 4.62. The number of carbonyl (C=O) groups is 2.